The summed E-state index contributed by atoms with van der Waals surface area (Å²) in [5, 5.41) is 20.1. The highest BCUT2D eigenvalue weighted by molar-refractivity contribution is 5.93. The second-order valence-corrected chi connectivity index (χ2v) is 6.39. The second-order valence-electron chi connectivity index (χ2n) is 6.39. The smallest absolute Gasteiger partial charge is 0.477 e. The normalized spacial score (nSPS) is 10.9. The highest BCUT2D eigenvalue weighted by atomic mass is 16.7. The van der Waals surface area contributed by atoms with Crippen molar-refractivity contribution in [2.24, 2.45) is 0 Å². The van der Waals surface area contributed by atoms with Crippen molar-refractivity contribution in [1.29, 1.82) is 0 Å². The summed E-state index contributed by atoms with van der Waals surface area (Å²) in [7, 11) is 0. The number of nitro groups is 1. The molecule has 0 saturated carbocycles. The first kappa shape index (κ1) is 18.9. The van der Waals surface area contributed by atoms with E-state index in [9.17, 15) is 19.7 Å². The molecular formula is C18H17NO7. The molecule has 0 aliphatic carbocycles. The minimum atomic E-state index is -1.38. The Kier molecular flexibility index (Phi) is 5.25. The van der Waals surface area contributed by atoms with Crippen molar-refractivity contribution in [2.75, 3.05) is 0 Å². The van der Waals surface area contributed by atoms with E-state index in [2.05, 4.69) is 0 Å². The molecule has 0 atom stereocenters. The predicted octanol–water partition coefficient (Wildman–Crippen LogP) is 4.27. The van der Waals surface area contributed by atoms with Gasteiger partial charge >= 0.3 is 12.1 Å². The van der Waals surface area contributed by atoms with Crippen molar-refractivity contribution in [1.82, 2.24) is 0 Å². The summed E-state index contributed by atoms with van der Waals surface area (Å²) in [6.45, 7) is 5.11. The number of ether oxygens (including phenoxy) is 2. The van der Waals surface area contributed by atoms with Crippen molar-refractivity contribution < 1.29 is 29.1 Å². The zero-order valence-corrected chi connectivity index (χ0v) is 14.4. The van der Waals surface area contributed by atoms with Crippen LogP contribution in [0.15, 0.2) is 42.5 Å². The van der Waals surface area contributed by atoms with E-state index in [0.29, 0.717) is 11.1 Å². The fourth-order valence-electron chi connectivity index (χ4n) is 2.15. The number of carbonyl (C=O) groups is 2. The molecule has 8 heteroatoms. The van der Waals surface area contributed by atoms with Crippen molar-refractivity contribution in [3.63, 3.8) is 0 Å². The number of hydrogen-bond donors (Lipinski definition) is 1. The average Bonchev–Trinajstić information content (AvgIpc) is 2.52. The molecule has 0 aliphatic heterocycles. The lowest BCUT2D eigenvalue weighted by atomic mass is 10.0. The fourth-order valence-corrected chi connectivity index (χ4v) is 2.15. The first-order valence-electron chi connectivity index (χ1n) is 7.60. The Hall–Kier alpha value is -3.42. The molecule has 2 aromatic rings. The van der Waals surface area contributed by atoms with Gasteiger partial charge in [-0.15, -0.1) is 0 Å². The van der Waals surface area contributed by atoms with Crippen LogP contribution in [0.2, 0.25) is 0 Å². The molecule has 8 nitrogen and oxygen atoms in total. The van der Waals surface area contributed by atoms with E-state index >= 15 is 0 Å². The number of carbonyl (C=O) groups excluding carboxylic acids is 1. The van der Waals surface area contributed by atoms with Crippen LogP contribution < -0.4 is 4.74 Å². The van der Waals surface area contributed by atoms with Gasteiger partial charge in [0.1, 0.15) is 16.9 Å². The van der Waals surface area contributed by atoms with Crippen LogP contribution in [0, 0.1) is 10.1 Å². The van der Waals surface area contributed by atoms with Gasteiger partial charge in [-0.3, -0.25) is 10.1 Å². The van der Waals surface area contributed by atoms with Crippen molar-refractivity contribution in [3.8, 4) is 16.9 Å². The molecule has 0 heterocycles. The lowest BCUT2D eigenvalue weighted by Gasteiger charge is -2.18. The Bertz CT molecular complexity index is 868. The van der Waals surface area contributed by atoms with Crippen LogP contribution in [-0.4, -0.2) is 27.8 Å². The standard InChI is InChI=1S/C18H17NO7/c1-18(2,3)26-17(22)25-13-6-4-5-11(9-13)12-7-8-14(16(20)21)15(10-12)19(23)24/h4-10H,1-3H3,(H,20,21). The number of carboxylic acid groups (broad SMARTS) is 1. The SMILES string of the molecule is CC(C)(C)OC(=O)Oc1cccc(-c2ccc(C(=O)O)c([N+](=O)[O-])c2)c1. The predicted molar refractivity (Wildman–Crippen MR) is 92.4 cm³/mol. The zero-order chi connectivity index (χ0) is 19.5. The number of rotatable bonds is 4. The lowest BCUT2D eigenvalue weighted by Crippen LogP contribution is -2.25. The maximum atomic E-state index is 11.7. The van der Waals surface area contributed by atoms with Gasteiger partial charge in [0.15, 0.2) is 0 Å². The van der Waals surface area contributed by atoms with Gasteiger partial charge in [0.25, 0.3) is 5.69 Å². The molecule has 2 aromatic carbocycles. The number of hydrogen-bond acceptors (Lipinski definition) is 6. The number of carboxylic acids is 1. The largest absolute Gasteiger partial charge is 0.514 e. The molecule has 0 aliphatic rings. The minimum Gasteiger partial charge on any atom is -0.477 e. The summed E-state index contributed by atoms with van der Waals surface area (Å²) >= 11 is 0. The third kappa shape index (κ3) is 4.79. The summed E-state index contributed by atoms with van der Waals surface area (Å²) < 4.78 is 10.2. The Balaban J connectivity index is 2.33. The summed E-state index contributed by atoms with van der Waals surface area (Å²) in [6.07, 6.45) is -0.873. The van der Waals surface area contributed by atoms with Gasteiger partial charge in [-0.1, -0.05) is 18.2 Å². The maximum Gasteiger partial charge on any atom is 0.514 e. The number of benzene rings is 2. The molecule has 1 N–H and O–H groups in total. The molecule has 2 rings (SSSR count). The Morgan fingerprint density at radius 2 is 1.73 bits per heavy atom. The summed E-state index contributed by atoms with van der Waals surface area (Å²) in [6, 6.07) is 10.1. The molecule has 0 bridgehead atoms. The van der Waals surface area contributed by atoms with Gasteiger partial charge < -0.3 is 14.6 Å². The van der Waals surface area contributed by atoms with E-state index in [1.807, 2.05) is 0 Å². The maximum absolute atomic E-state index is 11.7. The van der Waals surface area contributed by atoms with Crippen LogP contribution in [0.25, 0.3) is 11.1 Å². The van der Waals surface area contributed by atoms with E-state index in [4.69, 9.17) is 14.6 Å². The summed E-state index contributed by atoms with van der Waals surface area (Å²) in [5.41, 5.74) is -0.696. The Morgan fingerprint density at radius 1 is 1.08 bits per heavy atom. The van der Waals surface area contributed by atoms with Crippen molar-refractivity contribution >= 4 is 17.8 Å². The van der Waals surface area contributed by atoms with Gasteiger partial charge in [-0.25, -0.2) is 9.59 Å². The second kappa shape index (κ2) is 7.22. The number of nitro benzene ring substituents is 1. The Morgan fingerprint density at radius 3 is 2.31 bits per heavy atom. The van der Waals surface area contributed by atoms with Gasteiger partial charge in [-0.05, 0) is 50.1 Å². The first-order chi connectivity index (χ1) is 12.1. The molecule has 0 spiro atoms. The highest BCUT2D eigenvalue weighted by Crippen LogP contribution is 2.29. The molecule has 0 saturated heterocycles. The van der Waals surface area contributed by atoms with Gasteiger partial charge in [0.05, 0.1) is 4.92 Å². The average molecular weight is 359 g/mol. The molecule has 0 unspecified atom stereocenters. The van der Waals surface area contributed by atoms with E-state index in [-0.39, 0.29) is 5.75 Å². The molecule has 136 valence electrons. The third-order valence-corrected chi connectivity index (χ3v) is 3.18. The molecular weight excluding hydrogens is 342 g/mol. The van der Waals surface area contributed by atoms with Gasteiger partial charge in [0.2, 0.25) is 0 Å². The lowest BCUT2D eigenvalue weighted by molar-refractivity contribution is -0.385. The first-order valence-corrected chi connectivity index (χ1v) is 7.60. The topological polar surface area (TPSA) is 116 Å². The quantitative estimate of drug-likeness (QED) is 0.375. The van der Waals surface area contributed by atoms with Crippen LogP contribution in [0.3, 0.4) is 0 Å². The van der Waals surface area contributed by atoms with E-state index in [1.54, 1.807) is 32.9 Å². The number of aromatic carboxylic acids is 1. The third-order valence-electron chi connectivity index (χ3n) is 3.18. The van der Waals surface area contributed by atoms with Crippen molar-refractivity contribution in [3.05, 3.63) is 58.1 Å². The summed E-state index contributed by atoms with van der Waals surface area (Å²) in [4.78, 5) is 33.2. The van der Waals surface area contributed by atoms with Gasteiger partial charge in [0, 0.05) is 6.07 Å². The summed E-state index contributed by atoms with van der Waals surface area (Å²) in [5.74, 6) is -1.19. The molecule has 0 radical (unpaired) electrons. The van der Waals surface area contributed by atoms with E-state index in [0.717, 1.165) is 12.1 Å². The van der Waals surface area contributed by atoms with Crippen LogP contribution >= 0.6 is 0 Å². The van der Waals surface area contributed by atoms with E-state index in [1.165, 1.54) is 18.2 Å². The highest BCUT2D eigenvalue weighted by Gasteiger charge is 2.21. The van der Waals surface area contributed by atoms with Crippen LogP contribution in [0.4, 0.5) is 10.5 Å². The Labute approximate surface area is 149 Å². The minimum absolute atomic E-state index is 0.196. The molecule has 0 aromatic heterocycles. The zero-order valence-electron chi connectivity index (χ0n) is 14.4. The van der Waals surface area contributed by atoms with Crippen LogP contribution in [0.1, 0.15) is 31.1 Å². The van der Waals surface area contributed by atoms with Crippen molar-refractivity contribution in [2.45, 2.75) is 26.4 Å². The molecule has 26 heavy (non-hydrogen) atoms. The molecule has 0 fully saturated rings. The van der Waals surface area contributed by atoms with Crippen LogP contribution in [0.5, 0.6) is 5.75 Å². The van der Waals surface area contributed by atoms with Crippen LogP contribution in [-0.2, 0) is 4.74 Å². The number of nitrogens with zero attached hydrogens (tertiary/aromatic N) is 1. The van der Waals surface area contributed by atoms with Gasteiger partial charge in [-0.2, -0.15) is 0 Å². The van der Waals surface area contributed by atoms with E-state index < -0.39 is 33.9 Å². The monoisotopic (exact) mass is 359 g/mol. The molecule has 0 amide bonds. The fraction of sp³-hybridized carbons (Fsp3) is 0.222.